The predicted octanol–water partition coefficient (Wildman–Crippen LogP) is 4.26. The number of carbonyl (C=O) groups excluding carboxylic acids is 2. The fourth-order valence-corrected chi connectivity index (χ4v) is 3.80. The lowest BCUT2D eigenvalue weighted by Gasteiger charge is -2.15. The number of carbonyl (C=O) groups is 2. The van der Waals surface area contributed by atoms with Gasteiger partial charge in [-0.25, -0.2) is 9.97 Å². The Balaban J connectivity index is 1.69. The van der Waals surface area contributed by atoms with Crippen LogP contribution < -0.4 is 14.8 Å². The van der Waals surface area contributed by atoms with Gasteiger partial charge in [0.1, 0.15) is 18.8 Å². The number of hydrogen-bond acceptors (Lipinski definition) is 8. The van der Waals surface area contributed by atoms with Crippen LogP contribution >= 0.6 is 15.9 Å². The van der Waals surface area contributed by atoms with E-state index < -0.39 is 0 Å². The number of ketones is 2. The number of nitrogens with one attached hydrogen (secondary N) is 1. The zero-order valence-electron chi connectivity index (χ0n) is 17.9. The van der Waals surface area contributed by atoms with Crippen LogP contribution in [0.5, 0.6) is 11.5 Å². The van der Waals surface area contributed by atoms with E-state index in [2.05, 4.69) is 31.2 Å². The van der Waals surface area contributed by atoms with E-state index in [9.17, 15) is 9.59 Å². The van der Waals surface area contributed by atoms with Crippen LogP contribution in [0.25, 0.3) is 16.5 Å². The summed E-state index contributed by atoms with van der Waals surface area (Å²) in [5.74, 6) is 1.18. The quantitative estimate of drug-likeness (QED) is 0.355. The molecule has 0 amide bonds. The summed E-state index contributed by atoms with van der Waals surface area (Å²) in [6, 6.07) is 9.02. The predicted molar refractivity (Wildman–Crippen MR) is 128 cm³/mol. The summed E-state index contributed by atoms with van der Waals surface area (Å²) < 4.78 is 17.0. The molecule has 0 saturated carbocycles. The lowest BCUT2D eigenvalue weighted by Crippen LogP contribution is -2.07. The summed E-state index contributed by atoms with van der Waals surface area (Å²) in [5.41, 5.74) is 2.28. The van der Waals surface area contributed by atoms with Crippen LogP contribution in [-0.4, -0.2) is 49.0 Å². The van der Waals surface area contributed by atoms with E-state index in [1.807, 2.05) is 6.07 Å². The molecule has 2 aromatic carbocycles. The molecule has 8 nitrogen and oxygen atoms in total. The largest absolute Gasteiger partial charge is 0.493 e. The Hall–Kier alpha value is -3.56. The van der Waals surface area contributed by atoms with Crippen molar-refractivity contribution >= 4 is 55.5 Å². The molecule has 33 heavy (non-hydrogen) atoms. The summed E-state index contributed by atoms with van der Waals surface area (Å²) >= 11 is 3.47. The molecule has 9 heteroatoms. The second kappa shape index (κ2) is 9.93. The highest BCUT2D eigenvalue weighted by atomic mass is 79.9. The number of rotatable bonds is 8. The summed E-state index contributed by atoms with van der Waals surface area (Å²) in [5, 5.41) is 4.00. The smallest absolute Gasteiger partial charge is 0.186 e. The number of nitrogens with zero attached hydrogens (tertiary/aromatic N) is 2. The SMILES string of the molecule is COCCOc1cc2ncnc(Nc3ccc(Br)c(C4=CC(=O)C=CC4=O)c3)c2cc1OC. The van der Waals surface area contributed by atoms with Gasteiger partial charge in [-0.3, -0.25) is 9.59 Å². The van der Waals surface area contributed by atoms with Gasteiger partial charge >= 0.3 is 0 Å². The van der Waals surface area contributed by atoms with Gasteiger partial charge in [-0.15, -0.1) is 0 Å². The van der Waals surface area contributed by atoms with E-state index in [0.29, 0.717) is 57.3 Å². The Morgan fingerprint density at radius 2 is 1.85 bits per heavy atom. The van der Waals surface area contributed by atoms with Crippen molar-refractivity contribution in [2.24, 2.45) is 0 Å². The third kappa shape index (κ3) is 4.94. The molecule has 0 radical (unpaired) electrons. The standard InChI is InChI=1S/C24H20BrN3O5/c1-31-7-8-33-23-12-20-18(11-22(23)32-2)24(27-13-26-20)28-14-3-5-19(25)16(9-14)17-10-15(29)4-6-21(17)30/h3-6,9-13H,7-8H2,1-2H3,(H,26,27,28). The summed E-state index contributed by atoms with van der Waals surface area (Å²) in [6.07, 6.45) is 5.32. The van der Waals surface area contributed by atoms with Gasteiger partial charge in [0.15, 0.2) is 23.1 Å². The minimum absolute atomic E-state index is 0.229. The van der Waals surface area contributed by atoms with E-state index in [1.54, 1.807) is 38.5 Å². The average Bonchev–Trinajstić information content (AvgIpc) is 2.82. The molecule has 0 aliphatic heterocycles. The number of aromatic nitrogens is 2. The number of anilines is 2. The Morgan fingerprint density at radius 3 is 2.64 bits per heavy atom. The molecule has 0 fully saturated rings. The van der Waals surface area contributed by atoms with Crippen molar-refractivity contribution in [1.29, 1.82) is 0 Å². The normalized spacial score (nSPS) is 13.2. The Morgan fingerprint density at radius 1 is 1.00 bits per heavy atom. The monoisotopic (exact) mass is 509 g/mol. The molecule has 1 aromatic heterocycles. The van der Waals surface area contributed by atoms with Crippen LogP contribution in [0, 0.1) is 0 Å². The Bertz CT molecular complexity index is 1300. The maximum Gasteiger partial charge on any atom is 0.186 e. The summed E-state index contributed by atoms with van der Waals surface area (Å²) in [7, 11) is 3.17. The lowest BCUT2D eigenvalue weighted by molar-refractivity contribution is -0.113. The number of methoxy groups -OCH3 is 2. The Kier molecular flexibility index (Phi) is 6.81. The average molecular weight is 510 g/mol. The number of benzene rings is 2. The van der Waals surface area contributed by atoms with Crippen LogP contribution in [0.3, 0.4) is 0 Å². The van der Waals surface area contributed by atoms with E-state index in [-0.39, 0.29) is 11.6 Å². The first-order valence-corrected chi connectivity index (χ1v) is 10.8. The van der Waals surface area contributed by atoms with Crippen LogP contribution in [-0.2, 0) is 14.3 Å². The van der Waals surface area contributed by atoms with Crippen molar-refractivity contribution in [1.82, 2.24) is 9.97 Å². The van der Waals surface area contributed by atoms with Crippen molar-refractivity contribution < 1.29 is 23.8 Å². The molecule has 1 aliphatic rings. The van der Waals surface area contributed by atoms with Gasteiger partial charge < -0.3 is 19.5 Å². The third-order valence-corrected chi connectivity index (χ3v) is 5.63. The Labute approximate surface area is 198 Å². The van der Waals surface area contributed by atoms with Crippen LogP contribution in [0.2, 0.25) is 0 Å². The number of hydrogen-bond donors (Lipinski definition) is 1. The molecular formula is C24H20BrN3O5. The van der Waals surface area contributed by atoms with Crippen molar-refractivity contribution in [3.8, 4) is 11.5 Å². The molecule has 0 unspecified atom stereocenters. The fourth-order valence-electron chi connectivity index (χ4n) is 3.34. The minimum Gasteiger partial charge on any atom is -0.493 e. The van der Waals surface area contributed by atoms with Gasteiger partial charge in [-0.05, 0) is 42.5 Å². The van der Waals surface area contributed by atoms with Crippen molar-refractivity contribution in [3.63, 3.8) is 0 Å². The molecule has 0 atom stereocenters. The van der Waals surface area contributed by atoms with Gasteiger partial charge in [0, 0.05) is 39.9 Å². The van der Waals surface area contributed by atoms with Crippen molar-refractivity contribution in [3.05, 3.63) is 64.9 Å². The molecular weight excluding hydrogens is 490 g/mol. The molecule has 0 spiro atoms. The fraction of sp³-hybridized carbons (Fsp3) is 0.167. The maximum absolute atomic E-state index is 12.3. The highest BCUT2D eigenvalue weighted by molar-refractivity contribution is 9.10. The second-order valence-electron chi connectivity index (χ2n) is 7.06. The van der Waals surface area contributed by atoms with Gasteiger partial charge in [-0.1, -0.05) is 15.9 Å². The van der Waals surface area contributed by atoms with Gasteiger partial charge in [0.25, 0.3) is 0 Å². The molecule has 0 bridgehead atoms. The zero-order chi connectivity index (χ0) is 23.4. The topological polar surface area (TPSA) is 99.6 Å². The number of halogens is 1. The minimum atomic E-state index is -0.231. The second-order valence-corrected chi connectivity index (χ2v) is 7.92. The van der Waals surface area contributed by atoms with Gasteiger partial charge in [0.2, 0.25) is 0 Å². The molecule has 1 aliphatic carbocycles. The van der Waals surface area contributed by atoms with Crippen LogP contribution in [0.15, 0.2) is 59.4 Å². The first-order valence-electron chi connectivity index (χ1n) is 9.99. The molecule has 4 rings (SSSR count). The molecule has 1 heterocycles. The van der Waals surface area contributed by atoms with Gasteiger partial charge in [-0.2, -0.15) is 0 Å². The summed E-state index contributed by atoms with van der Waals surface area (Å²) in [4.78, 5) is 32.9. The number of allylic oxidation sites excluding steroid dienone is 4. The van der Waals surface area contributed by atoms with Crippen molar-refractivity contribution in [2.75, 3.05) is 32.8 Å². The zero-order valence-corrected chi connectivity index (χ0v) is 19.5. The molecule has 168 valence electrons. The van der Waals surface area contributed by atoms with E-state index in [4.69, 9.17) is 14.2 Å². The molecule has 1 N–H and O–H groups in total. The van der Waals surface area contributed by atoms with E-state index in [0.717, 1.165) is 5.39 Å². The highest BCUT2D eigenvalue weighted by Gasteiger charge is 2.18. The summed E-state index contributed by atoms with van der Waals surface area (Å²) in [6.45, 7) is 0.826. The molecule has 3 aromatic rings. The number of ether oxygens (including phenoxy) is 3. The first-order chi connectivity index (χ1) is 16.0. The first kappa shape index (κ1) is 22.6. The number of fused-ring (bicyclic) bond motifs is 1. The maximum atomic E-state index is 12.3. The van der Waals surface area contributed by atoms with E-state index in [1.165, 1.54) is 24.6 Å². The van der Waals surface area contributed by atoms with Crippen LogP contribution in [0.1, 0.15) is 5.56 Å². The van der Waals surface area contributed by atoms with Gasteiger partial charge in [0.05, 0.1) is 19.2 Å². The molecule has 0 saturated heterocycles. The van der Waals surface area contributed by atoms with E-state index >= 15 is 0 Å². The van der Waals surface area contributed by atoms with Crippen LogP contribution in [0.4, 0.5) is 11.5 Å². The third-order valence-electron chi connectivity index (χ3n) is 4.94. The highest BCUT2D eigenvalue weighted by Crippen LogP contribution is 2.36. The van der Waals surface area contributed by atoms with Crippen molar-refractivity contribution in [2.45, 2.75) is 0 Å². The lowest BCUT2D eigenvalue weighted by atomic mass is 9.96.